The number of carboxylic acids is 2. The average molecular weight is 494 g/mol. The number of aromatic carboxylic acids is 2. The zero-order chi connectivity index (χ0) is 25.9. The molecule has 36 heavy (non-hydrogen) atoms. The number of halogens is 1. The van der Waals surface area contributed by atoms with Crippen molar-refractivity contribution in [3.05, 3.63) is 94.8 Å². The van der Waals surface area contributed by atoms with Crippen LogP contribution in [0.15, 0.2) is 66.7 Å². The van der Waals surface area contributed by atoms with Crippen LogP contribution in [0.25, 0.3) is 0 Å². The number of aryl methyl sites for hydroxylation is 2. The molecule has 3 N–H and O–H groups in total. The molecule has 0 bridgehead atoms. The van der Waals surface area contributed by atoms with Gasteiger partial charge in [0.2, 0.25) is 5.91 Å². The van der Waals surface area contributed by atoms with E-state index >= 15 is 0 Å². The first kappa shape index (κ1) is 26.4. The summed E-state index contributed by atoms with van der Waals surface area (Å²) in [5.74, 6) is -3.28. The molecule has 3 aromatic rings. The van der Waals surface area contributed by atoms with Gasteiger partial charge in [0.25, 0.3) is 0 Å². The van der Waals surface area contributed by atoms with Crippen LogP contribution < -0.4 is 10.1 Å². The van der Waals surface area contributed by atoms with Gasteiger partial charge in [0.05, 0.1) is 17.7 Å². The van der Waals surface area contributed by atoms with Crippen molar-refractivity contribution in [3.63, 3.8) is 0 Å². The lowest BCUT2D eigenvalue weighted by Crippen LogP contribution is -2.14. The largest absolute Gasteiger partial charge is 0.493 e. The van der Waals surface area contributed by atoms with Crippen molar-refractivity contribution in [2.24, 2.45) is 0 Å². The molecule has 0 aromatic heterocycles. The van der Waals surface area contributed by atoms with Gasteiger partial charge in [0.15, 0.2) is 0 Å². The maximum absolute atomic E-state index is 14.5. The summed E-state index contributed by atoms with van der Waals surface area (Å²) in [6, 6.07) is 18.3. The predicted octanol–water partition coefficient (Wildman–Crippen LogP) is 5.59. The summed E-state index contributed by atoms with van der Waals surface area (Å²) in [5, 5.41) is 20.8. The van der Waals surface area contributed by atoms with Gasteiger partial charge in [-0.1, -0.05) is 36.4 Å². The Labute approximate surface area is 208 Å². The lowest BCUT2D eigenvalue weighted by Gasteiger charge is -2.10. The molecule has 3 rings (SSSR count). The fourth-order valence-corrected chi connectivity index (χ4v) is 3.72. The van der Waals surface area contributed by atoms with E-state index in [1.807, 2.05) is 18.2 Å². The highest BCUT2D eigenvalue weighted by Crippen LogP contribution is 2.20. The monoisotopic (exact) mass is 493 g/mol. The molecule has 0 aliphatic rings. The molecule has 8 heteroatoms. The molecule has 0 fully saturated rings. The highest BCUT2D eigenvalue weighted by atomic mass is 19.1. The first-order valence-electron chi connectivity index (χ1n) is 11.7. The average Bonchev–Trinajstić information content (AvgIpc) is 2.86. The van der Waals surface area contributed by atoms with Gasteiger partial charge >= 0.3 is 11.9 Å². The van der Waals surface area contributed by atoms with E-state index in [1.165, 1.54) is 17.7 Å². The molecule has 0 unspecified atom stereocenters. The number of nitrogens with one attached hydrogen (secondary N) is 1. The number of amides is 1. The molecule has 0 aliphatic heterocycles. The van der Waals surface area contributed by atoms with Crippen LogP contribution in [0.1, 0.15) is 57.5 Å². The van der Waals surface area contributed by atoms with Gasteiger partial charge in [0.1, 0.15) is 11.6 Å². The summed E-state index contributed by atoms with van der Waals surface area (Å²) in [7, 11) is 0. The van der Waals surface area contributed by atoms with Crippen molar-refractivity contribution < 1.29 is 33.7 Å². The second-order valence-corrected chi connectivity index (χ2v) is 8.32. The summed E-state index contributed by atoms with van der Waals surface area (Å²) >= 11 is 0. The van der Waals surface area contributed by atoms with E-state index < -0.39 is 29.2 Å². The summed E-state index contributed by atoms with van der Waals surface area (Å²) in [4.78, 5) is 34.7. The molecule has 1 amide bonds. The van der Waals surface area contributed by atoms with Crippen molar-refractivity contribution in [3.8, 4) is 5.75 Å². The number of hydrogen-bond acceptors (Lipinski definition) is 4. The summed E-state index contributed by atoms with van der Waals surface area (Å²) in [6.45, 7) is 0.495. The SMILES string of the molecule is O=C(CCc1ccc(OCCCCCc2ccccc2)cc1F)Nc1ccc(C(=O)O)c(C(=O)O)c1. The van der Waals surface area contributed by atoms with Gasteiger partial charge in [-0.15, -0.1) is 0 Å². The topological polar surface area (TPSA) is 113 Å². The number of carbonyl (C=O) groups is 3. The first-order valence-corrected chi connectivity index (χ1v) is 11.7. The molecular weight excluding hydrogens is 465 g/mol. The number of unbranched alkanes of at least 4 members (excludes halogenated alkanes) is 2. The summed E-state index contributed by atoms with van der Waals surface area (Å²) in [6.07, 6.45) is 4.05. The Kier molecular flexibility index (Phi) is 9.56. The predicted molar refractivity (Wildman–Crippen MR) is 133 cm³/mol. The van der Waals surface area contributed by atoms with Crippen LogP contribution in [-0.4, -0.2) is 34.7 Å². The van der Waals surface area contributed by atoms with Crippen LogP contribution in [-0.2, 0) is 17.6 Å². The second-order valence-electron chi connectivity index (χ2n) is 8.32. The highest BCUT2D eigenvalue weighted by Gasteiger charge is 2.17. The fraction of sp³-hybridized carbons (Fsp3) is 0.250. The fourth-order valence-electron chi connectivity index (χ4n) is 3.72. The van der Waals surface area contributed by atoms with Crippen molar-refractivity contribution in [1.82, 2.24) is 0 Å². The number of hydrogen-bond donors (Lipinski definition) is 3. The Morgan fingerprint density at radius 3 is 2.25 bits per heavy atom. The van der Waals surface area contributed by atoms with Crippen molar-refractivity contribution in [2.45, 2.75) is 38.5 Å². The molecule has 0 aliphatic carbocycles. The Balaban J connectivity index is 1.42. The number of rotatable bonds is 13. The van der Waals surface area contributed by atoms with Crippen molar-refractivity contribution >= 4 is 23.5 Å². The van der Waals surface area contributed by atoms with Crippen molar-refractivity contribution in [1.29, 1.82) is 0 Å². The summed E-state index contributed by atoms with van der Waals surface area (Å²) < 4.78 is 20.1. The summed E-state index contributed by atoms with van der Waals surface area (Å²) in [5.41, 5.74) is 1.00. The normalized spacial score (nSPS) is 10.6. The zero-order valence-corrected chi connectivity index (χ0v) is 19.7. The van der Waals surface area contributed by atoms with E-state index in [-0.39, 0.29) is 24.1 Å². The van der Waals surface area contributed by atoms with E-state index in [0.29, 0.717) is 17.9 Å². The van der Waals surface area contributed by atoms with Crippen LogP contribution in [0.3, 0.4) is 0 Å². The number of ether oxygens (including phenoxy) is 1. The van der Waals surface area contributed by atoms with Gasteiger partial charge in [-0.25, -0.2) is 14.0 Å². The minimum Gasteiger partial charge on any atom is -0.493 e. The minimum absolute atomic E-state index is 0.0401. The van der Waals surface area contributed by atoms with Crippen LogP contribution in [0, 0.1) is 5.82 Å². The molecule has 0 heterocycles. The molecule has 0 spiro atoms. The Morgan fingerprint density at radius 1 is 0.806 bits per heavy atom. The van der Waals surface area contributed by atoms with Crippen molar-refractivity contribution in [2.75, 3.05) is 11.9 Å². The quantitative estimate of drug-likeness (QED) is 0.268. The number of anilines is 1. The lowest BCUT2D eigenvalue weighted by molar-refractivity contribution is -0.116. The third kappa shape index (κ3) is 7.94. The van der Waals surface area contributed by atoms with Gasteiger partial charge in [-0.2, -0.15) is 0 Å². The third-order valence-corrected chi connectivity index (χ3v) is 5.63. The zero-order valence-electron chi connectivity index (χ0n) is 19.7. The van der Waals surface area contributed by atoms with E-state index in [1.54, 1.807) is 12.1 Å². The van der Waals surface area contributed by atoms with Crippen LogP contribution in [0.2, 0.25) is 0 Å². The third-order valence-electron chi connectivity index (χ3n) is 5.63. The second kappa shape index (κ2) is 13.0. The maximum Gasteiger partial charge on any atom is 0.336 e. The van der Waals surface area contributed by atoms with E-state index in [0.717, 1.165) is 37.8 Å². The van der Waals surface area contributed by atoms with Gasteiger partial charge in [-0.05, 0) is 67.5 Å². The highest BCUT2D eigenvalue weighted by molar-refractivity contribution is 6.03. The van der Waals surface area contributed by atoms with Crippen LogP contribution in [0.4, 0.5) is 10.1 Å². The minimum atomic E-state index is -1.42. The standard InChI is InChI=1S/C28H28FNO6/c29-25-18-22(36-16-6-2-5-9-19-7-3-1-4-8-19)13-10-20(25)11-15-26(31)30-21-12-14-23(27(32)33)24(17-21)28(34)35/h1,3-4,7-8,10,12-14,17-18H,2,5-6,9,11,15-16H2,(H,30,31)(H,32,33)(H,34,35). The molecule has 188 valence electrons. The van der Waals surface area contributed by atoms with Gasteiger partial charge in [-0.3, -0.25) is 4.79 Å². The first-order chi connectivity index (χ1) is 17.3. The Morgan fingerprint density at radius 2 is 1.56 bits per heavy atom. The van der Waals surface area contributed by atoms with Gasteiger partial charge < -0.3 is 20.3 Å². The number of carbonyl (C=O) groups excluding carboxylic acids is 1. The van der Waals surface area contributed by atoms with Gasteiger partial charge in [0, 0.05) is 18.2 Å². The van der Waals surface area contributed by atoms with Crippen LogP contribution >= 0.6 is 0 Å². The number of benzene rings is 3. The molecule has 0 saturated carbocycles. The van der Waals surface area contributed by atoms with E-state index in [9.17, 15) is 23.9 Å². The molecule has 3 aromatic carbocycles. The number of carboxylic acid groups (broad SMARTS) is 2. The maximum atomic E-state index is 14.5. The molecule has 0 saturated heterocycles. The van der Waals surface area contributed by atoms with Crippen LogP contribution in [0.5, 0.6) is 5.75 Å². The Hall–Kier alpha value is -4.20. The molecule has 0 radical (unpaired) electrons. The molecule has 7 nitrogen and oxygen atoms in total. The smallest absolute Gasteiger partial charge is 0.336 e. The van der Waals surface area contributed by atoms with E-state index in [4.69, 9.17) is 9.84 Å². The Bertz CT molecular complexity index is 1210. The molecule has 0 atom stereocenters. The van der Waals surface area contributed by atoms with E-state index in [2.05, 4.69) is 17.4 Å². The lowest BCUT2D eigenvalue weighted by atomic mass is 10.1. The molecular formula is C28H28FNO6.